The van der Waals surface area contributed by atoms with Crippen molar-refractivity contribution in [1.82, 2.24) is 5.32 Å². The van der Waals surface area contributed by atoms with E-state index in [1.54, 1.807) is 14.0 Å². The maximum atomic E-state index is 11.7. The maximum Gasteiger partial charge on any atom is 0.222 e. The number of anilines is 1. The largest absolute Gasteiger partial charge is 0.389 e. The van der Waals surface area contributed by atoms with E-state index < -0.39 is 6.10 Å². The van der Waals surface area contributed by atoms with E-state index in [0.717, 1.165) is 41.7 Å². The normalized spacial score (nSPS) is 17.9. The van der Waals surface area contributed by atoms with Crippen LogP contribution in [0, 0.1) is 5.92 Å². The molecule has 5 heteroatoms. The first-order chi connectivity index (χ1) is 9.52. The van der Waals surface area contributed by atoms with Crippen molar-refractivity contribution in [2.45, 2.75) is 25.9 Å². The molecule has 1 fully saturated rings. The lowest BCUT2D eigenvalue weighted by molar-refractivity contribution is -0.125. The molecule has 0 spiro atoms. The molecule has 1 unspecified atom stereocenters. The lowest BCUT2D eigenvalue weighted by atomic mass is 9.94. The molecule has 0 bridgehead atoms. The number of aliphatic hydroxyl groups is 1. The fourth-order valence-corrected chi connectivity index (χ4v) is 3.11. The summed E-state index contributed by atoms with van der Waals surface area (Å²) < 4.78 is 0.970. The molecule has 1 aromatic carbocycles. The summed E-state index contributed by atoms with van der Waals surface area (Å²) in [5, 5.41) is 12.6. The van der Waals surface area contributed by atoms with Crippen molar-refractivity contribution in [3.05, 3.63) is 28.2 Å². The Balaban J connectivity index is 2.13. The van der Waals surface area contributed by atoms with Gasteiger partial charge in [-0.25, -0.2) is 0 Å². The van der Waals surface area contributed by atoms with Crippen LogP contribution in [0.4, 0.5) is 5.69 Å². The van der Waals surface area contributed by atoms with Crippen molar-refractivity contribution in [2.75, 3.05) is 25.0 Å². The summed E-state index contributed by atoms with van der Waals surface area (Å²) in [6.07, 6.45) is 1.21. The summed E-state index contributed by atoms with van der Waals surface area (Å²) in [7, 11) is 1.69. The third-order valence-electron chi connectivity index (χ3n) is 3.89. The molecule has 4 nitrogen and oxygen atoms in total. The second kappa shape index (κ2) is 6.59. The Bertz CT molecular complexity index is 483. The van der Waals surface area contributed by atoms with Crippen LogP contribution in [-0.2, 0) is 4.79 Å². The van der Waals surface area contributed by atoms with Gasteiger partial charge in [-0.3, -0.25) is 4.79 Å². The number of carbonyl (C=O) groups is 1. The van der Waals surface area contributed by atoms with E-state index in [1.807, 2.05) is 18.2 Å². The van der Waals surface area contributed by atoms with Gasteiger partial charge in [0.25, 0.3) is 0 Å². The third kappa shape index (κ3) is 3.33. The minimum Gasteiger partial charge on any atom is -0.389 e. The van der Waals surface area contributed by atoms with E-state index in [4.69, 9.17) is 0 Å². The van der Waals surface area contributed by atoms with Crippen LogP contribution in [0.25, 0.3) is 0 Å². The van der Waals surface area contributed by atoms with Gasteiger partial charge >= 0.3 is 0 Å². The first kappa shape index (κ1) is 15.3. The second-order valence-corrected chi connectivity index (χ2v) is 6.17. The van der Waals surface area contributed by atoms with Gasteiger partial charge in [-0.2, -0.15) is 0 Å². The Hall–Kier alpha value is -1.07. The van der Waals surface area contributed by atoms with Gasteiger partial charge in [0.2, 0.25) is 5.91 Å². The van der Waals surface area contributed by atoms with Crippen LogP contribution in [0.3, 0.4) is 0 Å². The zero-order valence-electron chi connectivity index (χ0n) is 11.9. The highest BCUT2D eigenvalue weighted by Gasteiger charge is 2.25. The van der Waals surface area contributed by atoms with E-state index in [0.29, 0.717) is 0 Å². The quantitative estimate of drug-likeness (QED) is 0.888. The summed E-state index contributed by atoms with van der Waals surface area (Å²) in [4.78, 5) is 13.9. The minimum atomic E-state index is -0.501. The molecule has 1 aliphatic rings. The lowest BCUT2D eigenvalue weighted by Crippen LogP contribution is -2.40. The van der Waals surface area contributed by atoms with Gasteiger partial charge in [-0.05, 0) is 38.0 Å². The average Bonchev–Trinajstić information content (AvgIpc) is 2.46. The summed E-state index contributed by atoms with van der Waals surface area (Å²) in [5.74, 6) is 0.248. The fourth-order valence-electron chi connectivity index (χ4n) is 2.73. The van der Waals surface area contributed by atoms with Gasteiger partial charge in [-0.1, -0.05) is 15.9 Å². The number of nitrogens with zero attached hydrogens (tertiary/aromatic N) is 1. The highest BCUT2D eigenvalue weighted by atomic mass is 79.9. The number of amides is 1. The SMILES string of the molecule is CNC(=O)C1CCN(c2ccc(Br)cc2C(C)O)CC1. The monoisotopic (exact) mass is 340 g/mol. The highest BCUT2D eigenvalue weighted by Crippen LogP contribution is 2.32. The highest BCUT2D eigenvalue weighted by molar-refractivity contribution is 9.10. The fraction of sp³-hybridized carbons (Fsp3) is 0.533. The molecule has 0 aliphatic carbocycles. The van der Waals surface area contributed by atoms with Crippen LogP contribution < -0.4 is 10.2 Å². The molecule has 1 heterocycles. The summed E-state index contributed by atoms with van der Waals surface area (Å²) >= 11 is 3.44. The molecule has 1 amide bonds. The molecule has 0 saturated carbocycles. The van der Waals surface area contributed by atoms with Crippen molar-refractivity contribution in [2.24, 2.45) is 5.92 Å². The van der Waals surface area contributed by atoms with Crippen molar-refractivity contribution in [3.63, 3.8) is 0 Å². The van der Waals surface area contributed by atoms with Crippen molar-refractivity contribution >= 4 is 27.5 Å². The first-order valence-electron chi connectivity index (χ1n) is 6.97. The summed E-state index contributed by atoms with van der Waals surface area (Å²) in [5.41, 5.74) is 2.00. The number of benzene rings is 1. The van der Waals surface area contributed by atoms with Crippen LogP contribution in [0.2, 0.25) is 0 Å². The Morgan fingerprint density at radius 2 is 2.10 bits per heavy atom. The van der Waals surface area contributed by atoms with Crippen LogP contribution in [-0.4, -0.2) is 31.2 Å². The molecule has 2 N–H and O–H groups in total. The van der Waals surface area contributed by atoms with Gasteiger partial charge in [0.15, 0.2) is 0 Å². The topological polar surface area (TPSA) is 52.6 Å². The van der Waals surface area contributed by atoms with E-state index in [1.165, 1.54) is 0 Å². The van der Waals surface area contributed by atoms with Gasteiger partial charge in [0, 0.05) is 41.8 Å². The summed E-state index contributed by atoms with van der Waals surface area (Å²) in [6, 6.07) is 5.99. The lowest BCUT2D eigenvalue weighted by Gasteiger charge is -2.34. The number of aliphatic hydroxyl groups excluding tert-OH is 1. The van der Waals surface area contributed by atoms with Crippen LogP contribution in [0.15, 0.2) is 22.7 Å². The standard InChI is InChI=1S/C15H21BrN2O2/c1-10(19)13-9-12(16)3-4-14(13)18-7-5-11(6-8-18)15(20)17-2/h3-4,9-11,19H,5-8H2,1-2H3,(H,17,20). The predicted octanol–water partition coefficient (Wildman–Crippen LogP) is 2.46. The molecular formula is C15H21BrN2O2. The maximum absolute atomic E-state index is 11.7. The smallest absolute Gasteiger partial charge is 0.222 e. The van der Waals surface area contributed by atoms with Crippen LogP contribution in [0.1, 0.15) is 31.4 Å². The number of halogens is 1. The van der Waals surface area contributed by atoms with Crippen molar-refractivity contribution < 1.29 is 9.90 Å². The number of rotatable bonds is 3. The Morgan fingerprint density at radius 1 is 1.45 bits per heavy atom. The van der Waals surface area contributed by atoms with E-state index in [9.17, 15) is 9.90 Å². The molecule has 1 aliphatic heterocycles. The van der Waals surface area contributed by atoms with Gasteiger partial charge in [0.1, 0.15) is 0 Å². The Labute approximate surface area is 128 Å². The van der Waals surface area contributed by atoms with Crippen molar-refractivity contribution in [3.8, 4) is 0 Å². The van der Waals surface area contributed by atoms with E-state index in [2.05, 4.69) is 26.1 Å². The molecule has 1 saturated heterocycles. The Kier molecular flexibility index (Phi) is 5.05. The van der Waals surface area contributed by atoms with Gasteiger partial charge < -0.3 is 15.3 Å². The van der Waals surface area contributed by atoms with Crippen molar-refractivity contribution in [1.29, 1.82) is 0 Å². The molecule has 0 radical (unpaired) electrons. The third-order valence-corrected chi connectivity index (χ3v) is 4.39. The number of carbonyl (C=O) groups excluding carboxylic acids is 1. The predicted molar refractivity (Wildman–Crippen MR) is 83.8 cm³/mol. The number of piperidine rings is 1. The number of hydrogen-bond donors (Lipinski definition) is 2. The van der Waals surface area contributed by atoms with Crippen LogP contribution in [0.5, 0.6) is 0 Å². The zero-order valence-corrected chi connectivity index (χ0v) is 13.5. The molecule has 1 aromatic rings. The molecular weight excluding hydrogens is 320 g/mol. The molecule has 2 rings (SSSR count). The summed E-state index contributed by atoms with van der Waals surface area (Å²) in [6.45, 7) is 3.47. The van der Waals surface area contributed by atoms with E-state index in [-0.39, 0.29) is 11.8 Å². The van der Waals surface area contributed by atoms with Gasteiger partial charge in [0.05, 0.1) is 6.10 Å². The molecule has 20 heavy (non-hydrogen) atoms. The van der Waals surface area contributed by atoms with E-state index >= 15 is 0 Å². The van der Waals surface area contributed by atoms with Crippen LogP contribution >= 0.6 is 15.9 Å². The molecule has 1 atom stereocenters. The molecule has 0 aromatic heterocycles. The number of nitrogens with one attached hydrogen (secondary N) is 1. The average molecular weight is 341 g/mol. The minimum absolute atomic E-state index is 0.113. The number of hydrogen-bond acceptors (Lipinski definition) is 3. The molecule has 110 valence electrons. The Morgan fingerprint density at radius 3 is 2.65 bits per heavy atom. The van der Waals surface area contributed by atoms with Gasteiger partial charge in [-0.15, -0.1) is 0 Å². The zero-order chi connectivity index (χ0) is 14.7. The second-order valence-electron chi connectivity index (χ2n) is 5.25. The first-order valence-corrected chi connectivity index (χ1v) is 7.76.